The van der Waals surface area contributed by atoms with Crippen LogP contribution < -0.4 is 0 Å². The summed E-state index contributed by atoms with van der Waals surface area (Å²) in [6.45, 7) is 2.22. The molecule has 0 saturated heterocycles. The van der Waals surface area contributed by atoms with Gasteiger partial charge < -0.3 is 0 Å². The molecule has 0 atom stereocenters. The highest BCUT2D eigenvalue weighted by molar-refractivity contribution is 5.54. The van der Waals surface area contributed by atoms with Gasteiger partial charge >= 0.3 is 0 Å². The van der Waals surface area contributed by atoms with E-state index < -0.39 is 0 Å². The third kappa shape index (κ3) is 4.41. The number of aromatic nitrogens is 2. The van der Waals surface area contributed by atoms with Crippen molar-refractivity contribution in [2.75, 3.05) is 0 Å². The highest BCUT2D eigenvalue weighted by Crippen LogP contribution is 2.15. The van der Waals surface area contributed by atoms with Crippen LogP contribution in [0.2, 0.25) is 0 Å². The van der Waals surface area contributed by atoms with Crippen LogP contribution in [-0.4, -0.2) is 9.97 Å². The minimum absolute atomic E-state index is 0.238. The van der Waals surface area contributed by atoms with Crippen LogP contribution in [0.5, 0.6) is 0 Å². The molecule has 0 bridgehead atoms. The number of hydrogen-bond acceptors (Lipinski definition) is 2. The molecule has 1 heterocycles. The van der Waals surface area contributed by atoms with Gasteiger partial charge in [0.1, 0.15) is 5.82 Å². The third-order valence-electron chi connectivity index (χ3n) is 3.38. The van der Waals surface area contributed by atoms with Crippen molar-refractivity contribution in [3.63, 3.8) is 0 Å². The van der Waals surface area contributed by atoms with E-state index in [1.165, 1.54) is 49.8 Å². The first-order valence-electron chi connectivity index (χ1n) is 7.36. The Morgan fingerprint density at radius 1 is 0.900 bits per heavy atom. The van der Waals surface area contributed by atoms with Crippen LogP contribution in [0.25, 0.3) is 11.4 Å². The summed E-state index contributed by atoms with van der Waals surface area (Å²) < 4.78 is 12.9. The van der Waals surface area contributed by atoms with Gasteiger partial charge in [-0.2, -0.15) is 0 Å². The molecule has 0 spiro atoms. The Hall–Kier alpha value is -1.77. The standard InChI is InChI=1S/C17H21FN2/c1-2-3-4-5-6-7-14-12-19-17(20-13-14)15-8-10-16(18)11-9-15/h8-13H,2-7H2,1H3. The number of nitrogens with zero attached hydrogens (tertiary/aromatic N) is 2. The molecule has 106 valence electrons. The zero-order chi connectivity index (χ0) is 14.2. The first-order valence-corrected chi connectivity index (χ1v) is 7.36. The molecular formula is C17H21FN2. The predicted molar refractivity (Wildman–Crippen MR) is 79.9 cm³/mol. The smallest absolute Gasteiger partial charge is 0.159 e. The Kier molecular flexibility index (Phi) is 5.66. The molecule has 0 aliphatic heterocycles. The molecule has 0 aliphatic carbocycles. The van der Waals surface area contributed by atoms with Gasteiger partial charge in [-0.1, -0.05) is 32.6 Å². The zero-order valence-electron chi connectivity index (χ0n) is 12.0. The lowest BCUT2D eigenvalue weighted by molar-refractivity contribution is 0.628. The van der Waals surface area contributed by atoms with Gasteiger partial charge in [0.15, 0.2) is 5.82 Å². The first-order chi connectivity index (χ1) is 9.79. The molecular weight excluding hydrogens is 251 g/mol. The second-order valence-electron chi connectivity index (χ2n) is 5.09. The van der Waals surface area contributed by atoms with Gasteiger partial charge in [0.05, 0.1) is 0 Å². The molecule has 2 aromatic rings. The van der Waals surface area contributed by atoms with Crippen LogP contribution in [0.1, 0.15) is 44.6 Å². The highest BCUT2D eigenvalue weighted by atomic mass is 19.1. The van der Waals surface area contributed by atoms with Gasteiger partial charge in [0, 0.05) is 18.0 Å². The second-order valence-corrected chi connectivity index (χ2v) is 5.09. The monoisotopic (exact) mass is 272 g/mol. The number of halogens is 1. The molecule has 1 aromatic heterocycles. The minimum atomic E-state index is -0.238. The fourth-order valence-corrected chi connectivity index (χ4v) is 2.16. The van der Waals surface area contributed by atoms with Crippen LogP contribution in [0.3, 0.4) is 0 Å². The van der Waals surface area contributed by atoms with Crippen molar-refractivity contribution in [1.29, 1.82) is 0 Å². The Balaban J connectivity index is 1.88. The minimum Gasteiger partial charge on any atom is -0.236 e. The third-order valence-corrected chi connectivity index (χ3v) is 3.38. The van der Waals surface area contributed by atoms with Gasteiger partial charge in [0.25, 0.3) is 0 Å². The van der Waals surface area contributed by atoms with E-state index in [1.54, 1.807) is 12.1 Å². The summed E-state index contributed by atoms with van der Waals surface area (Å²) >= 11 is 0. The maximum atomic E-state index is 12.9. The van der Waals surface area contributed by atoms with Gasteiger partial charge in [-0.05, 0) is 42.7 Å². The molecule has 0 amide bonds. The lowest BCUT2D eigenvalue weighted by atomic mass is 10.1. The van der Waals surface area contributed by atoms with Crippen molar-refractivity contribution in [3.8, 4) is 11.4 Å². The topological polar surface area (TPSA) is 25.8 Å². The summed E-state index contributed by atoms with van der Waals surface area (Å²) in [4.78, 5) is 8.72. The molecule has 20 heavy (non-hydrogen) atoms. The maximum absolute atomic E-state index is 12.9. The Labute approximate surface area is 120 Å². The van der Waals surface area contributed by atoms with Crippen LogP contribution >= 0.6 is 0 Å². The van der Waals surface area contributed by atoms with Crippen molar-refractivity contribution < 1.29 is 4.39 Å². The van der Waals surface area contributed by atoms with E-state index in [0.717, 1.165) is 12.0 Å². The van der Waals surface area contributed by atoms with E-state index in [4.69, 9.17) is 0 Å². The number of rotatable bonds is 7. The summed E-state index contributed by atoms with van der Waals surface area (Å²) in [5.74, 6) is 0.414. The van der Waals surface area contributed by atoms with E-state index in [2.05, 4.69) is 16.9 Å². The average Bonchev–Trinajstić information content (AvgIpc) is 2.49. The molecule has 0 saturated carbocycles. The molecule has 2 rings (SSSR count). The van der Waals surface area contributed by atoms with Crippen molar-refractivity contribution in [2.24, 2.45) is 0 Å². The second kappa shape index (κ2) is 7.73. The Morgan fingerprint density at radius 3 is 2.20 bits per heavy atom. The normalized spacial score (nSPS) is 10.7. The first kappa shape index (κ1) is 14.6. The van der Waals surface area contributed by atoms with E-state index in [0.29, 0.717) is 5.82 Å². The number of unbranched alkanes of at least 4 members (excludes halogenated alkanes) is 4. The molecule has 0 unspecified atom stereocenters. The average molecular weight is 272 g/mol. The largest absolute Gasteiger partial charge is 0.236 e. The predicted octanol–water partition coefficient (Wildman–Crippen LogP) is 4.80. The van der Waals surface area contributed by atoms with Crippen LogP contribution in [0.4, 0.5) is 4.39 Å². The Bertz CT molecular complexity index is 506. The molecule has 1 aromatic carbocycles. The lowest BCUT2D eigenvalue weighted by Crippen LogP contribution is -1.93. The van der Waals surface area contributed by atoms with Gasteiger partial charge in [-0.3, -0.25) is 0 Å². The fourth-order valence-electron chi connectivity index (χ4n) is 2.16. The number of aryl methyl sites for hydroxylation is 1. The summed E-state index contributed by atoms with van der Waals surface area (Å²) in [5.41, 5.74) is 2.02. The zero-order valence-corrected chi connectivity index (χ0v) is 12.0. The van der Waals surface area contributed by atoms with E-state index in [-0.39, 0.29) is 5.82 Å². The lowest BCUT2D eigenvalue weighted by Gasteiger charge is -2.03. The molecule has 2 nitrogen and oxygen atoms in total. The van der Waals surface area contributed by atoms with E-state index in [1.807, 2.05) is 12.4 Å². The molecule has 0 fully saturated rings. The number of hydrogen-bond donors (Lipinski definition) is 0. The van der Waals surface area contributed by atoms with Crippen molar-refractivity contribution in [2.45, 2.75) is 45.4 Å². The summed E-state index contributed by atoms with van der Waals surface area (Å²) in [7, 11) is 0. The highest BCUT2D eigenvalue weighted by Gasteiger charge is 2.02. The quantitative estimate of drug-likeness (QED) is 0.677. The van der Waals surface area contributed by atoms with Crippen LogP contribution in [0, 0.1) is 5.82 Å². The van der Waals surface area contributed by atoms with Crippen molar-refractivity contribution >= 4 is 0 Å². The summed E-state index contributed by atoms with van der Waals surface area (Å²) in [6.07, 6.45) is 11.2. The summed E-state index contributed by atoms with van der Waals surface area (Å²) in [6, 6.07) is 6.27. The maximum Gasteiger partial charge on any atom is 0.159 e. The SMILES string of the molecule is CCCCCCCc1cnc(-c2ccc(F)cc2)nc1. The van der Waals surface area contributed by atoms with E-state index in [9.17, 15) is 4.39 Å². The fraction of sp³-hybridized carbons (Fsp3) is 0.412. The van der Waals surface area contributed by atoms with Crippen molar-refractivity contribution in [1.82, 2.24) is 9.97 Å². The molecule has 0 N–H and O–H groups in total. The molecule has 3 heteroatoms. The summed E-state index contributed by atoms with van der Waals surface area (Å²) in [5, 5.41) is 0. The van der Waals surface area contributed by atoms with Gasteiger partial charge in [-0.15, -0.1) is 0 Å². The van der Waals surface area contributed by atoms with Crippen LogP contribution in [-0.2, 0) is 6.42 Å². The molecule has 0 radical (unpaired) electrons. The van der Waals surface area contributed by atoms with Crippen molar-refractivity contribution in [3.05, 3.63) is 48.0 Å². The van der Waals surface area contributed by atoms with E-state index >= 15 is 0 Å². The van der Waals surface area contributed by atoms with Crippen LogP contribution in [0.15, 0.2) is 36.7 Å². The van der Waals surface area contributed by atoms with Gasteiger partial charge in [0.2, 0.25) is 0 Å². The number of benzene rings is 1. The van der Waals surface area contributed by atoms with Gasteiger partial charge in [-0.25, -0.2) is 14.4 Å². The Morgan fingerprint density at radius 2 is 1.55 bits per heavy atom. The molecule has 0 aliphatic rings.